The lowest BCUT2D eigenvalue weighted by Gasteiger charge is -2.17. The highest BCUT2D eigenvalue weighted by Crippen LogP contribution is 2.28. The minimum absolute atomic E-state index is 0.0448. The Labute approximate surface area is 159 Å². The summed E-state index contributed by atoms with van der Waals surface area (Å²) in [4.78, 5) is 16.4. The Balaban J connectivity index is 1.73. The number of carbonyl (C=O) groups is 1. The number of benzene rings is 1. The third kappa shape index (κ3) is 6.12. The fraction of sp³-hybridized carbons (Fsp3) is 0.556. The first kappa shape index (κ1) is 19.9. The summed E-state index contributed by atoms with van der Waals surface area (Å²) in [7, 11) is 1.76. The van der Waals surface area contributed by atoms with Crippen molar-refractivity contribution in [3.05, 3.63) is 28.8 Å². The van der Waals surface area contributed by atoms with E-state index in [4.69, 9.17) is 11.6 Å². The summed E-state index contributed by atoms with van der Waals surface area (Å²) in [6, 6.07) is 5.97. The monoisotopic (exact) mass is 382 g/mol. The SMILES string of the molecule is CN=C(NCCC(=O)Nc1cccc(Cl)c1C)NC1CCC(SC)C1. The van der Waals surface area contributed by atoms with Gasteiger partial charge in [0.05, 0.1) is 0 Å². The molecule has 5 nitrogen and oxygen atoms in total. The van der Waals surface area contributed by atoms with Crippen LogP contribution in [0.2, 0.25) is 5.02 Å². The molecule has 138 valence electrons. The minimum atomic E-state index is -0.0448. The van der Waals surface area contributed by atoms with E-state index in [1.807, 2.05) is 36.9 Å². The van der Waals surface area contributed by atoms with Gasteiger partial charge in [-0.25, -0.2) is 0 Å². The van der Waals surface area contributed by atoms with Crippen LogP contribution >= 0.6 is 23.4 Å². The van der Waals surface area contributed by atoms with Crippen LogP contribution in [0.25, 0.3) is 0 Å². The Bertz CT molecular complexity index is 623. The zero-order valence-corrected chi connectivity index (χ0v) is 16.6. The molecule has 1 aromatic rings. The van der Waals surface area contributed by atoms with Gasteiger partial charge in [-0.2, -0.15) is 11.8 Å². The highest BCUT2D eigenvalue weighted by Gasteiger charge is 2.24. The van der Waals surface area contributed by atoms with Crippen LogP contribution in [0.1, 0.15) is 31.2 Å². The summed E-state index contributed by atoms with van der Waals surface area (Å²) < 4.78 is 0. The Kier molecular flexibility index (Phi) is 7.90. The topological polar surface area (TPSA) is 65.5 Å². The Morgan fingerprint density at radius 3 is 2.88 bits per heavy atom. The number of carbonyl (C=O) groups excluding carboxylic acids is 1. The van der Waals surface area contributed by atoms with Crippen LogP contribution < -0.4 is 16.0 Å². The molecule has 0 saturated heterocycles. The third-order valence-electron chi connectivity index (χ3n) is 4.47. The van der Waals surface area contributed by atoms with Gasteiger partial charge in [-0.1, -0.05) is 17.7 Å². The van der Waals surface area contributed by atoms with E-state index in [1.165, 1.54) is 12.8 Å². The van der Waals surface area contributed by atoms with Crippen molar-refractivity contribution < 1.29 is 4.79 Å². The number of halogens is 1. The van der Waals surface area contributed by atoms with Gasteiger partial charge in [-0.15, -0.1) is 0 Å². The molecule has 1 aliphatic rings. The molecule has 1 aliphatic carbocycles. The average Bonchev–Trinajstić information content (AvgIpc) is 3.05. The van der Waals surface area contributed by atoms with Crippen molar-refractivity contribution >= 4 is 40.9 Å². The number of hydrogen-bond acceptors (Lipinski definition) is 3. The van der Waals surface area contributed by atoms with Gasteiger partial charge in [0.2, 0.25) is 5.91 Å². The maximum absolute atomic E-state index is 12.1. The van der Waals surface area contributed by atoms with Crippen molar-refractivity contribution in [3.8, 4) is 0 Å². The molecular weight excluding hydrogens is 356 g/mol. The minimum Gasteiger partial charge on any atom is -0.356 e. The van der Waals surface area contributed by atoms with Gasteiger partial charge in [0, 0.05) is 42.0 Å². The van der Waals surface area contributed by atoms with Gasteiger partial charge in [0.25, 0.3) is 0 Å². The summed E-state index contributed by atoms with van der Waals surface area (Å²) in [5, 5.41) is 11.0. The van der Waals surface area contributed by atoms with E-state index >= 15 is 0 Å². The maximum Gasteiger partial charge on any atom is 0.226 e. The van der Waals surface area contributed by atoms with E-state index in [9.17, 15) is 4.79 Å². The van der Waals surface area contributed by atoms with Crippen molar-refractivity contribution in [2.75, 3.05) is 25.2 Å². The van der Waals surface area contributed by atoms with Gasteiger partial charge >= 0.3 is 0 Å². The van der Waals surface area contributed by atoms with E-state index in [1.54, 1.807) is 7.05 Å². The van der Waals surface area contributed by atoms with Crippen molar-refractivity contribution in [1.82, 2.24) is 10.6 Å². The molecule has 1 amide bonds. The van der Waals surface area contributed by atoms with E-state index in [0.29, 0.717) is 24.0 Å². The Morgan fingerprint density at radius 1 is 1.40 bits per heavy atom. The number of guanidine groups is 1. The molecule has 2 rings (SSSR count). The molecule has 1 fully saturated rings. The molecule has 1 aromatic carbocycles. The predicted octanol–water partition coefficient (Wildman–Crippen LogP) is 3.43. The second-order valence-corrected chi connectivity index (χ2v) is 7.77. The van der Waals surface area contributed by atoms with Crippen molar-refractivity contribution in [3.63, 3.8) is 0 Å². The highest BCUT2D eigenvalue weighted by atomic mass is 35.5. The van der Waals surface area contributed by atoms with E-state index in [2.05, 4.69) is 27.2 Å². The van der Waals surface area contributed by atoms with Crippen molar-refractivity contribution in [1.29, 1.82) is 0 Å². The molecule has 2 unspecified atom stereocenters. The fourth-order valence-electron chi connectivity index (χ4n) is 2.92. The Hall–Kier alpha value is -1.40. The number of amides is 1. The Morgan fingerprint density at radius 2 is 2.20 bits per heavy atom. The molecule has 0 aromatic heterocycles. The zero-order chi connectivity index (χ0) is 18.2. The summed E-state index contributed by atoms with van der Waals surface area (Å²) in [5.74, 6) is 0.718. The summed E-state index contributed by atoms with van der Waals surface area (Å²) in [5.41, 5.74) is 1.64. The van der Waals surface area contributed by atoms with Gasteiger partial charge in [0.1, 0.15) is 0 Å². The maximum atomic E-state index is 12.1. The van der Waals surface area contributed by atoms with Crippen LogP contribution in [-0.4, -0.2) is 43.0 Å². The van der Waals surface area contributed by atoms with Crippen LogP contribution in [0.3, 0.4) is 0 Å². The number of aliphatic imine (C=N–C) groups is 1. The molecule has 0 aliphatic heterocycles. The largest absolute Gasteiger partial charge is 0.356 e. The zero-order valence-electron chi connectivity index (χ0n) is 15.1. The molecule has 3 N–H and O–H groups in total. The number of nitrogens with one attached hydrogen (secondary N) is 3. The first-order valence-electron chi connectivity index (χ1n) is 8.58. The number of anilines is 1. The molecule has 7 heteroatoms. The third-order valence-corrected chi connectivity index (χ3v) is 5.97. The van der Waals surface area contributed by atoms with Crippen LogP contribution in [0, 0.1) is 6.92 Å². The molecule has 0 radical (unpaired) electrons. The molecule has 1 saturated carbocycles. The molecule has 0 spiro atoms. The standard InChI is InChI=1S/C18H27ClN4OS/c1-12-15(19)5-4-6-16(12)23-17(24)9-10-21-18(20-2)22-13-7-8-14(11-13)25-3/h4-6,13-14H,7-11H2,1-3H3,(H,23,24)(H2,20,21,22). The van der Waals surface area contributed by atoms with Crippen LogP contribution in [0.15, 0.2) is 23.2 Å². The van der Waals surface area contributed by atoms with Crippen LogP contribution in [0.5, 0.6) is 0 Å². The van der Waals surface area contributed by atoms with Gasteiger partial charge in [0.15, 0.2) is 5.96 Å². The second kappa shape index (κ2) is 9.92. The first-order chi connectivity index (χ1) is 12.0. The normalized spacial score (nSPS) is 20.4. The summed E-state index contributed by atoms with van der Waals surface area (Å²) in [6.45, 7) is 2.43. The molecule has 0 bridgehead atoms. The molecular formula is C18H27ClN4OS. The lowest BCUT2D eigenvalue weighted by molar-refractivity contribution is -0.116. The second-order valence-electron chi connectivity index (χ2n) is 6.22. The molecule has 2 atom stereocenters. The first-order valence-corrected chi connectivity index (χ1v) is 10.2. The van der Waals surface area contributed by atoms with Crippen molar-refractivity contribution in [2.24, 2.45) is 4.99 Å². The predicted molar refractivity (Wildman–Crippen MR) is 109 cm³/mol. The van der Waals surface area contributed by atoms with Gasteiger partial charge < -0.3 is 16.0 Å². The van der Waals surface area contributed by atoms with Gasteiger partial charge in [-0.3, -0.25) is 9.79 Å². The number of nitrogens with zero attached hydrogens (tertiary/aromatic N) is 1. The van der Waals surface area contributed by atoms with Crippen LogP contribution in [0.4, 0.5) is 5.69 Å². The summed E-state index contributed by atoms with van der Waals surface area (Å²) in [6.07, 6.45) is 6.11. The van der Waals surface area contributed by atoms with Crippen molar-refractivity contribution in [2.45, 2.75) is 43.9 Å². The van der Waals surface area contributed by atoms with Gasteiger partial charge in [-0.05, 0) is 50.1 Å². The molecule has 0 heterocycles. The number of rotatable bonds is 6. The van der Waals surface area contributed by atoms with E-state index in [0.717, 1.165) is 28.9 Å². The molecule has 25 heavy (non-hydrogen) atoms. The lowest BCUT2D eigenvalue weighted by Crippen LogP contribution is -2.43. The fourth-order valence-corrected chi connectivity index (χ4v) is 3.89. The van der Waals surface area contributed by atoms with E-state index < -0.39 is 0 Å². The summed E-state index contributed by atoms with van der Waals surface area (Å²) >= 11 is 8.01. The smallest absolute Gasteiger partial charge is 0.226 e. The number of thioether (sulfide) groups is 1. The van der Waals surface area contributed by atoms with Crippen LogP contribution in [-0.2, 0) is 4.79 Å². The van der Waals surface area contributed by atoms with E-state index in [-0.39, 0.29) is 5.91 Å². The number of hydrogen-bond donors (Lipinski definition) is 3. The quantitative estimate of drug-likeness (QED) is 0.521. The lowest BCUT2D eigenvalue weighted by atomic mass is 10.2. The average molecular weight is 383 g/mol. The highest BCUT2D eigenvalue weighted by molar-refractivity contribution is 7.99.